The fourth-order valence-electron chi connectivity index (χ4n) is 3.50. The Hall–Kier alpha value is -1.11. The van der Waals surface area contributed by atoms with E-state index in [2.05, 4.69) is 11.8 Å². The minimum absolute atomic E-state index is 0.126. The second kappa shape index (κ2) is 6.42. The first-order chi connectivity index (χ1) is 10.9. The van der Waals surface area contributed by atoms with Gasteiger partial charge >= 0.3 is 0 Å². The molecule has 0 amide bonds. The van der Waals surface area contributed by atoms with Crippen molar-refractivity contribution in [1.82, 2.24) is 0 Å². The predicted octanol–water partition coefficient (Wildman–Crippen LogP) is 2.25. The maximum atomic E-state index is 11.9. The second-order valence-electron chi connectivity index (χ2n) is 6.55. The van der Waals surface area contributed by atoms with Crippen LogP contribution in [0.2, 0.25) is 0 Å². The molecule has 0 radical (unpaired) electrons. The Morgan fingerprint density at radius 1 is 1.30 bits per heavy atom. The van der Waals surface area contributed by atoms with Crippen LogP contribution in [-0.2, 0) is 19.3 Å². The van der Waals surface area contributed by atoms with Gasteiger partial charge in [-0.25, -0.2) is 8.42 Å². The molecular weight excluding hydrogens is 314 g/mol. The molecule has 0 bridgehead atoms. The molecule has 5 nitrogen and oxygen atoms in total. The SMILES string of the molecule is CCS(=O)(=O)c1ccc(N2C[C@@H](C)O[C@]3(CCCOC3)C2)cc1. The smallest absolute Gasteiger partial charge is 0.178 e. The van der Waals surface area contributed by atoms with Gasteiger partial charge in [-0.3, -0.25) is 0 Å². The van der Waals surface area contributed by atoms with Gasteiger partial charge in [-0.2, -0.15) is 0 Å². The standard InChI is InChI=1S/C17H25NO4S/c1-3-23(19,20)16-7-5-15(6-8-16)18-11-14(2)22-17(12-18)9-4-10-21-13-17/h5-8,14H,3-4,9-13H2,1-2H3/t14-,17-/m1/s1. The molecule has 0 saturated carbocycles. The molecule has 1 aromatic carbocycles. The van der Waals surface area contributed by atoms with E-state index in [1.807, 2.05) is 12.1 Å². The van der Waals surface area contributed by atoms with Gasteiger partial charge in [-0.05, 0) is 44.0 Å². The summed E-state index contributed by atoms with van der Waals surface area (Å²) in [5.41, 5.74) is 0.810. The first-order valence-electron chi connectivity index (χ1n) is 8.27. The molecule has 2 heterocycles. The first kappa shape index (κ1) is 16.7. The van der Waals surface area contributed by atoms with Gasteiger partial charge in [0.15, 0.2) is 9.84 Å². The van der Waals surface area contributed by atoms with Crippen molar-refractivity contribution >= 4 is 15.5 Å². The van der Waals surface area contributed by atoms with Crippen molar-refractivity contribution in [2.24, 2.45) is 0 Å². The van der Waals surface area contributed by atoms with Crippen LogP contribution in [0.15, 0.2) is 29.2 Å². The van der Waals surface area contributed by atoms with E-state index in [4.69, 9.17) is 9.47 Å². The number of rotatable bonds is 3. The van der Waals surface area contributed by atoms with Crippen LogP contribution in [0.1, 0.15) is 26.7 Å². The molecule has 128 valence electrons. The lowest BCUT2D eigenvalue weighted by Gasteiger charge is -2.48. The lowest BCUT2D eigenvalue weighted by atomic mass is 9.93. The van der Waals surface area contributed by atoms with Crippen molar-refractivity contribution in [1.29, 1.82) is 0 Å². The molecule has 0 N–H and O–H groups in total. The number of hydrogen-bond acceptors (Lipinski definition) is 5. The van der Waals surface area contributed by atoms with E-state index in [1.165, 1.54) is 0 Å². The van der Waals surface area contributed by atoms with E-state index >= 15 is 0 Å². The van der Waals surface area contributed by atoms with Crippen molar-refractivity contribution in [2.45, 2.75) is 43.3 Å². The fourth-order valence-corrected chi connectivity index (χ4v) is 4.38. The topological polar surface area (TPSA) is 55.8 Å². The molecule has 2 aliphatic rings. The molecule has 6 heteroatoms. The highest BCUT2D eigenvalue weighted by Gasteiger charge is 2.41. The molecule has 2 aliphatic heterocycles. The zero-order valence-electron chi connectivity index (χ0n) is 13.8. The second-order valence-corrected chi connectivity index (χ2v) is 8.82. The van der Waals surface area contributed by atoms with Crippen LogP contribution >= 0.6 is 0 Å². The molecule has 0 aromatic heterocycles. The molecule has 2 saturated heterocycles. The summed E-state index contributed by atoms with van der Waals surface area (Å²) in [6, 6.07) is 7.21. The Morgan fingerprint density at radius 3 is 2.65 bits per heavy atom. The fraction of sp³-hybridized carbons (Fsp3) is 0.647. The summed E-state index contributed by atoms with van der Waals surface area (Å²) < 4.78 is 35.7. The maximum Gasteiger partial charge on any atom is 0.178 e. The minimum Gasteiger partial charge on any atom is -0.378 e. The monoisotopic (exact) mass is 339 g/mol. The zero-order valence-corrected chi connectivity index (χ0v) is 14.6. The summed E-state index contributed by atoms with van der Waals surface area (Å²) in [5, 5.41) is 0. The Balaban J connectivity index is 1.80. The van der Waals surface area contributed by atoms with Crippen LogP contribution in [0.4, 0.5) is 5.69 Å². The van der Waals surface area contributed by atoms with Gasteiger partial charge in [0.25, 0.3) is 0 Å². The highest BCUT2D eigenvalue weighted by atomic mass is 32.2. The molecule has 23 heavy (non-hydrogen) atoms. The average Bonchev–Trinajstić information content (AvgIpc) is 2.55. The number of benzene rings is 1. The Kier molecular flexibility index (Phi) is 4.67. The maximum absolute atomic E-state index is 11.9. The number of hydrogen-bond donors (Lipinski definition) is 0. The van der Waals surface area contributed by atoms with Crippen LogP contribution in [0.25, 0.3) is 0 Å². The first-order valence-corrected chi connectivity index (χ1v) is 9.93. The van der Waals surface area contributed by atoms with Crippen molar-refractivity contribution in [2.75, 3.05) is 37.0 Å². The van der Waals surface area contributed by atoms with Gasteiger partial charge in [0.05, 0.1) is 23.4 Å². The zero-order chi connectivity index (χ0) is 16.5. The van der Waals surface area contributed by atoms with Crippen LogP contribution in [-0.4, -0.2) is 52.2 Å². The van der Waals surface area contributed by atoms with Crippen molar-refractivity contribution in [3.63, 3.8) is 0 Å². The summed E-state index contributed by atoms with van der Waals surface area (Å²) in [6.45, 7) is 6.79. The number of sulfone groups is 1. The van der Waals surface area contributed by atoms with Crippen molar-refractivity contribution < 1.29 is 17.9 Å². The third-order valence-electron chi connectivity index (χ3n) is 4.63. The minimum atomic E-state index is -3.15. The molecule has 3 rings (SSSR count). The van der Waals surface area contributed by atoms with E-state index in [-0.39, 0.29) is 17.5 Å². The molecular formula is C17H25NO4S. The van der Waals surface area contributed by atoms with Gasteiger partial charge in [0.2, 0.25) is 0 Å². The summed E-state index contributed by atoms with van der Waals surface area (Å²) in [4.78, 5) is 2.67. The number of morpholine rings is 1. The lowest BCUT2D eigenvalue weighted by Crippen LogP contribution is -2.58. The molecule has 1 spiro atoms. The van der Waals surface area contributed by atoms with Crippen molar-refractivity contribution in [3.05, 3.63) is 24.3 Å². The van der Waals surface area contributed by atoms with E-state index in [0.717, 1.165) is 38.2 Å². The average molecular weight is 339 g/mol. The third-order valence-corrected chi connectivity index (χ3v) is 6.39. The third kappa shape index (κ3) is 3.54. The number of ether oxygens (including phenoxy) is 2. The Bertz CT molecular complexity index is 635. The summed E-state index contributed by atoms with van der Waals surface area (Å²) in [5.74, 6) is 0.126. The van der Waals surface area contributed by atoms with E-state index in [9.17, 15) is 8.42 Å². The van der Waals surface area contributed by atoms with E-state index < -0.39 is 9.84 Å². The normalized spacial score (nSPS) is 29.0. The van der Waals surface area contributed by atoms with Crippen LogP contribution in [0.5, 0.6) is 0 Å². The molecule has 1 aromatic rings. The van der Waals surface area contributed by atoms with Gasteiger partial charge in [-0.15, -0.1) is 0 Å². The molecule has 2 atom stereocenters. The molecule has 0 unspecified atom stereocenters. The van der Waals surface area contributed by atoms with E-state index in [0.29, 0.717) is 11.5 Å². The van der Waals surface area contributed by atoms with Gasteiger partial charge < -0.3 is 14.4 Å². The predicted molar refractivity (Wildman–Crippen MR) is 89.7 cm³/mol. The summed E-state index contributed by atoms with van der Waals surface area (Å²) in [7, 11) is -3.15. The Labute approximate surface area is 138 Å². The van der Waals surface area contributed by atoms with Crippen LogP contribution in [0.3, 0.4) is 0 Å². The largest absolute Gasteiger partial charge is 0.378 e. The molecule has 2 fully saturated rings. The van der Waals surface area contributed by atoms with Gasteiger partial charge in [0.1, 0.15) is 5.60 Å². The lowest BCUT2D eigenvalue weighted by molar-refractivity contribution is -0.160. The van der Waals surface area contributed by atoms with Gasteiger partial charge in [-0.1, -0.05) is 6.92 Å². The van der Waals surface area contributed by atoms with Crippen LogP contribution < -0.4 is 4.90 Å². The number of nitrogens with zero attached hydrogens (tertiary/aromatic N) is 1. The van der Waals surface area contributed by atoms with Crippen LogP contribution in [0, 0.1) is 0 Å². The van der Waals surface area contributed by atoms with Crippen molar-refractivity contribution in [3.8, 4) is 0 Å². The highest BCUT2D eigenvalue weighted by Crippen LogP contribution is 2.32. The highest BCUT2D eigenvalue weighted by molar-refractivity contribution is 7.91. The number of anilines is 1. The van der Waals surface area contributed by atoms with E-state index in [1.54, 1.807) is 19.1 Å². The van der Waals surface area contributed by atoms with Gasteiger partial charge in [0, 0.05) is 25.4 Å². The quantitative estimate of drug-likeness (QED) is 0.845. The molecule has 0 aliphatic carbocycles. The summed E-state index contributed by atoms with van der Waals surface area (Å²) >= 11 is 0. The summed E-state index contributed by atoms with van der Waals surface area (Å²) in [6.07, 6.45) is 2.16. The Morgan fingerprint density at radius 2 is 2.04 bits per heavy atom.